The SMILES string of the molecule is O=C(O)[C@H]1O[C@H](O[C@H]2[C@H](O)[C@@H](O)[C@@H](O[C@H]3[C@H](O)[C@@H](O)C(O)O[C@@H]3CO)O[C@@H]2CO)[C@H](O)[C@@H](O)[C@@H]1O. The van der Waals surface area contributed by atoms with Crippen molar-refractivity contribution in [1.82, 2.24) is 0 Å². The Morgan fingerprint density at radius 1 is 0.600 bits per heavy atom. The van der Waals surface area contributed by atoms with E-state index >= 15 is 0 Å². The molecule has 17 nitrogen and oxygen atoms in total. The van der Waals surface area contributed by atoms with Crippen LogP contribution in [0.3, 0.4) is 0 Å². The fourth-order valence-corrected chi connectivity index (χ4v) is 4.04. The van der Waals surface area contributed by atoms with Crippen LogP contribution >= 0.6 is 0 Å². The van der Waals surface area contributed by atoms with Crippen LogP contribution in [0.25, 0.3) is 0 Å². The number of ether oxygens (including phenoxy) is 5. The van der Waals surface area contributed by atoms with Gasteiger partial charge in [-0.2, -0.15) is 0 Å². The first-order valence-electron chi connectivity index (χ1n) is 10.6. The second kappa shape index (κ2) is 11.5. The predicted octanol–water partition coefficient (Wildman–Crippen LogP) is -7.48. The third-order valence-corrected chi connectivity index (χ3v) is 6.06. The highest BCUT2D eigenvalue weighted by atomic mass is 16.8. The Hall–Kier alpha value is -1.13. The van der Waals surface area contributed by atoms with Crippen molar-refractivity contribution in [2.24, 2.45) is 0 Å². The average Bonchev–Trinajstić information content (AvgIpc) is 2.83. The highest BCUT2D eigenvalue weighted by molar-refractivity contribution is 5.73. The van der Waals surface area contributed by atoms with Crippen LogP contribution in [0.5, 0.6) is 0 Å². The van der Waals surface area contributed by atoms with Crippen molar-refractivity contribution >= 4 is 5.97 Å². The van der Waals surface area contributed by atoms with Gasteiger partial charge in [-0.25, -0.2) is 4.79 Å². The van der Waals surface area contributed by atoms with E-state index in [-0.39, 0.29) is 0 Å². The van der Waals surface area contributed by atoms with Crippen molar-refractivity contribution in [1.29, 1.82) is 0 Å². The molecule has 0 aliphatic carbocycles. The van der Waals surface area contributed by atoms with Crippen LogP contribution in [0, 0.1) is 0 Å². The molecule has 0 amide bonds. The van der Waals surface area contributed by atoms with Gasteiger partial charge in [-0.15, -0.1) is 0 Å². The third-order valence-electron chi connectivity index (χ3n) is 6.06. The molecule has 15 atom stereocenters. The Morgan fingerprint density at radius 3 is 1.57 bits per heavy atom. The van der Waals surface area contributed by atoms with Crippen LogP contribution in [0.1, 0.15) is 0 Å². The zero-order valence-electron chi connectivity index (χ0n) is 17.9. The van der Waals surface area contributed by atoms with Gasteiger partial charge >= 0.3 is 5.97 Å². The normalized spacial score (nSPS) is 51.2. The summed E-state index contributed by atoms with van der Waals surface area (Å²) in [6.45, 7) is -1.68. The molecule has 0 aromatic heterocycles. The molecular formula is C18H30O17. The lowest BCUT2D eigenvalue weighted by atomic mass is 9.96. The molecule has 3 heterocycles. The van der Waals surface area contributed by atoms with Gasteiger partial charge in [-0.3, -0.25) is 0 Å². The number of rotatable bonds is 7. The Kier molecular flexibility index (Phi) is 9.35. The number of carbonyl (C=O) groups is 1. The molecule has 35 heavy (non-hydrogen) atoms. The van der Waals surface area contributed by atoms with Gasteiger partial charge in [-0.1, -0.05) is 0 Å². The maximum Gasteiger partial charge on any atom is 0.335 e. The maximum atomic E-state index is 11.3. The van der Waals surface area contributed by atoms with Crippen molar-refractivity contribution in [2.45, 2.75) is 92.1 Å². The Morgan fingerprint density at radius 2 is 1.06 bits per heavy atom. The smallest absolute Gasteiger partial charge is 0.335 e. The van der Waals surface area contributed by atoms with E-state index in [0.29, 0.717) is 0 Å². The standard InChI is InChI=1S/C18H30O17/c19-1-3-12(7(23)9(25)16(30)31-3)33-17-11(27)8(24)13(4(2-20)32-17)34-18-10(26)5(21)6(22)14(35-18)15(28)29/h3-14,16-27,30H,1-2H2,(H,28,29)/t3-,4-,5+,6+,7-,8-,9-,10-,11-,12-,13-,14+,16?,17-,18+/m1/s1. The molecule has 204 valence electrons. The third kappa shape index (κ3) is 5.59. The lowest BCUT2D eigenvalue weighted by Gasteiger charge is -2.47. The molecule has 0 aromatic carbocycles. The monoisotopic (exact) mass is 518 g/mol. The minimum atomic E-state index is -2.02. The average molecular weight is 518 g/mol. The molecule has 3 aliphatic rings. The fourth-order valence-electron chi connectivity index (χ4n) is 4.04. The van der Waals surface area contributed by atoms with Gasteiger partial charge in [0, 0.05) is 0 Å². The quantitative estimate of drug-likeness (QED) is 0.149. The van der Waals surface area contributed by atoms with Crippen LogP contribution in [-0.2, 0) is 28.5 Å². The summed E-state index contributed by atoms with van der Waals surface area (Å²) >= 11 is 0. The molecule has 0 saturated carbocycles. The van der Waals surface area contributed by atoms with Gasteiger partial charge in [0.2, 0.25) is 0 Å². The van der Waals surface area contributed by atoms with Gasteiger partial charge in [0.05, 0.1) is 13.2 Å². The van der Waals surface area contributed by atoms with Crippen LogP contribution in [0.4, 0.5) is 0 Å². The lowest BCUT2D eigenvalue weighted by molar-refractivity contribution is -0.375. The zero-order chi connectivity index (χ0) is 26.2. The molecule has 3 rings (SSSR count). The molecule has 0 aromatic rings. The predicted molar refractivity (Wildman–Crippen MR) is 102 cm³/mol. The summed E-state index contributed by atoms with van der Waals surface area (Å²) in [5.41, 5.74) is 0. The summed E-state index contributed by atoms with van der Waals surface area (Å²) in [5.74, 6) is -1.69. The van der Waals surface area contributed by atoms with E-state index in [1.807, 2.05) is 0 Å². The van der Waals surface area contributed by atoms with E-state index in [1.165, 1.54) is 0 Å². The summed E-state index contributed by atoms with van der Waals surface area (Å²) in [4.78, 5) is 11.3. The van der Waals surface area contributed by atoms with E-state index < -0.39 is 111 Å². The van der Waals surface area contributed by atoms with Crippen LogP contribution < -0.4 is 0 Å². The first-order chi connectivity index (χ1) is 16.4. The van der Waals surface area contributed by atoms with Crippen LogP contribution in [0.15, 0.2) is 0 Å². The highest BCUT2D eigenvalue weighted by Crippen LogP contribution is 2.32. The molecule has 3 saturated heterocycles. The van der Waals surface area contributed by atoms with Crippen LogP contribution in [0.2, 0.25) is 0 Å². The second-order valence-electron chi connectivity index (χ2n) is 8.37. The van der Waals surface area contributed by atoms with E-state index in [4.69, 9.17) is 28.8 Å². The summed E-state index contributed by atoms with van der Waals surface area (Å²) < 4.78 is 26.0. The number of aliphatic carboxylic acids is 1. The minimum Gasteiger partial charge on any atom is -0.479 e. The highest BCUT2D eigenvalue weighted by Gasteiger charge is 2.54. The topological polar surface area (TPSA) is 286 Å². The summed E-state index contributed by atoms with van der Waals surface area (Å²) in [7, 11) is 0. The number of hydrogen-bond acceptors (Lipinski definition) is 16. The first-order valence-corrected chi connectivity index (χ1v) is 10.6. The first kappa shape index (κ1) is 28.4. The second-order valence-corrected chi connectivity index (χ2v) is 8.37. The molecule has 0 bridgehead atoms. The van der Waals surface area contributed by atoms with E-state index in [9.17, 15) is 55.9 Å². The Balaban J connectivity index is 1.73. The van der Waals surface area contributed by atoms with E-state index in [1.54, 1.807) is 0 Å². The Labute approximate surface area is 196 Å². The largest absolute Gasteiger partial charge is 0.479 e. The lowest BCUT2D eigenvalue weighted by Crippen LogP contribution is -2.66. The van der Waals surface area contributed by atoms with Crippen molar-refractivity contribution in [2.75, 3.05) is 13.2 Å². The van der Waals surface area contributed by atoms with Crippen molar-refractivity contribution in [3.8, 4) is 0 Å². The minimum absolute atomic E-state index is 0.790. The summed E-state index contributed by atoms with van der Waals surface area (Å²) in [5, 5.41) is 109. The van der Waals surface area contributed by atoms with E-state index in [0.717, 1.165) is 0 Å². The van der Waals surface area contributed by atoms with Gasteiger partial charge in [-0.05, 0) is 0 Å². The number of carboxylic acids is 1. The number of hydrogen-bond donors (Lipinski definition) is 11. The Bertz CT molecular complexity index is 707. The van der Waals surface area contributed by atoms with Gasteiger partial charge in [0.25, 0.3) is 0 Å². The molecule has 11 N–H and O–H groups in total. The van der Waals surface area contributed by atoms with Crippen molar-refractivity contribution in [3.05, 3.63) is 0 Å². The van der Waals surface area contributed by atoms with Crippen LogP contribution in [-0.4, -0.2) is 167 Å². The molecule has 17 heteroatoms. The summed E-state index contributed by atoms with van der Waals surface area (Å²) in [6.07, 6.45) is -27.4. The molecule has 3 fully saturated rings. The van der Waals surface area contributed by atoms with Gasteiger partial charge < -0.3 is 79.9 Å². The summed E-state index contributed by atoms with van der Waals surface area (Å²) in [6, 6.07) is 0. The molecular weight excluding hydrogens is 488 g/mol. The number of aliphatic hydroxyl groups is 10. The maximum absolute atomic E-state index is 11.3. The molecule has 0 radical (unpaired) electrons. The van der Waals surface area contributed by atoms with E-state index in [2.05, 4.69) is 0 Å². The molecule has 3 aliphatic heterocycles. The molecule has 1 unspecified atom stereocenters. The molecule has 0 spiro atoms. The fraction of sp³-hybridized carbons (Fsp3) is 0.944. The number of carboxylic acid groups (broad SMARTS) is 1. The van der Waals surface area contributed by atoms with Crippen molar-refractivity contribution in [3.63, 3.8) is 0 Å². The zero-order valence-corrected chi connectivity index (χ0v) is 17.9. The van der Waals surface area contributed by atoms with Gasteiger partial charge in [0.1, 0.15) is 67.1 Å². The number of aliphatic hydroxyl groups excluding tert-OH is 10. The van der Waals surface area contributed by atoms with Gasteiger partial charge in [0.15, 0.2) is 25.0 Å². The van der Waals surface area contributed by atoms with Crippen molar-refractivity contribution < 1.29 is 84.7 Å².